The summed E-state index contributed by atoms with van der Waals surface area (Å²) < 4.78 is 0.910. The van der Waals surface area contributed by atoms with E-state index in [1.54, 1.807) is 6.20 Å². The molecule has 3 nitrogen and oxygen atoms in total. The van der Waals surface area contributed by atoms with Crippen molar-refractivity contribution in [3.8, 4) is 0 Å². The van der Waals surface area contributed by atoms with Gasteiger partial charge in [-0.15, -0.1) is 0 Å². The molecule has 20 heavy (non-hydrogen) atoms. The van der Waals surface area contributed by atoms with Crippen molar-refractivity contribution in [1.29, 1.82) is 0 Å². The molecule has 0 saturated carbocycles. The third kappa shape index (κ3) is 4.17. The number of hydrogen-bond acceptors (Lipinski definition) is 2. The molecule has 0 fully saturated rings. The van der Waals surface area contributed by atoms with Gasteiger partial charge in [-0.05, 0) is 53.4 Å². The van der Waals surface area contributed by atoms with E-state index in [2.05, 4.69) is 57.4 Å². The number of aromatic nitrogens is 1. The summed E-state index contributed by atoms with van der Waals surface area (Å²) in [4.78, 5) is 16.1. The van der Waals surface area contributed by atoms with Gasteiger partial charge in [0.2, 0.25) is 5.91 Å². The van der Waals surface area contributed by atoms with E-state index in [0.29, 0.717) is 12.2 Å². The van der Waals surface area contributed by atoms with Crippen LogP contribution in [0.3, 0.4) is 0 Å². The van der Waals surface area contributed by atoms with Gasteiger partial charge in [-0.2, -0.15) is 0 Å². The van der Waals surface area contributed by atoms with Gasteiger partial charge in [0, 0.05) is 17.1 Å². The summed E-state index contributed by atoms with van der Waals surface area (Å²) >= 11 is 3.35. The summed E-state index contributed by atoms with van der Waals surface area (Å²) in [5.41, 5.74) is 3.35. The molecule has 2 rings (SSSR count). The number of benzene rings is 1. The zero-order chi connectivity index (χ0) is 14.5. The van der Waals surface area contributed by atoms with Gasteiger partial charge in [-0.1, -0.05) is 29.8 Å². The summed E-state index contributed by atoms with van der Waals surface area (Å²) in [6, 6.07) is 10.2. The van der Waals surface area contributed by atoms with Gasteiger partial charge in [0.05, 0.1) is 0 Å². The van der Waals surface area contributed by atoms with E-state index in [1.807, 2.05) is 13.0 Å². The van der Waals surface area contributed by atoms with Crippen LogP contribution in [0.25, 0.3) is 0 Å². The second kappa shape index (κ2) is 6.66. The maximum absolute atomic E-state index is 11.9. The van der Waals surface area contributed by atoms with Crippen molar-refractivity contribution in [2.75, 3.05) is 5.32 Å². The molecule has 0 radical (unpaired) electrons. The molecule has 1 N–H and O–H groups in total. The average Bonchev–Trinajstić information content (AvgIpc) is 2.41. The number of carbonyl (C=O) groups is 1. The second-order valence-corrected chi connectivity index (χ2v) is 5.77. The summed E-state index contributed by atoms with van der Waals surface area (Å²) in [6.45, 7) is 3.98. The minimum absolute atomic E-state index is 0.0107. The minimum atomic E-state index is -0.0107. The molecule has 1 aromatic heterocycles. The first-order valence-electron chi connectivity index (χ1n) is 6.52. The van der Waals surface area contributed by atoms with Crippen LogP contribution in [0.5, 0.6) is 0 Å². The van der Waals surface area contributed by atoms with Crippen molar-refractivity contribution in [3.63, 3.8) is 0 Å². The Morgan fingerprint density at radius 3 is 2.60 bits per heavy atom. The zero-order valence-corrected chi connectivity index (χ0v) is 13.2. The summed E-state index contributed by atoms with van der Waals surface area (Å²) in [7, 11) is 0. The van der Waals surface area contributed by atoms with Crippen molar-refractivity contribution in [1.82, 2.24) is 4.98 Å². The van der Waals surface area contributed by atoms with Crippen LogP contribution in [0.2, 0.25) is 0 Å². The Balaban J connectivity index is 1.90. The highest BCUT2D eigenvalue weighted by Gasteiger charge is 2.06. The number of halogens is 1. The van der Waals surface area contributed by atoms with Gasteiger partial charge in [0.15, 0.2) is 0 Å². The number of rotatable bonds is 4. The number of carbonyl (C=O) groups excluding carboxylic acids is 1. The first-order chi connectivity index (χ1) is 9.54. The van der Waals surface area contributed by atoms with Gasteiger partial charge in [-0.3, -0.25) is 4.79 Å². The lowest BCUT2D eigenvalue weighted by Crippen LogP contribution is -2.14. The van der Waals surface area contributed by atoms with E-state index in [9.17, 15) is 4.79 Å². The Morgan fingerprint density at radius 2 is 1.95 bits per heavy atom. The van der Waals surface area contributed by atoms with Crippen LogP contribution in [0.4, 0.5) is 5.82 Å². The molecule has 0 bridgehead atoms. The maximum Gasteiger partial charge on any atom is 0.225 e. The number of nitrogens with zero attached hydrogens (tertiary/aromatic N) is 1. The molecule has 0 aliphatic carbocycles. The Morgan fingerprint density at radius 1 is 1.25 bits per heavy atom. The van der Waals surface area contributed by atoms with Crippen molar-refractivity contribution in [2.45, 2.75) is 26.7 Å². The molecule has 1 heterocycles. The Bertz CT molecular complexity index is 608. The largest absolute Gasteiger partial charge is 0.310 e. The lowest BCUT2D eigenvalue weighted by Gasteiger charge is -2.07. The third-order valence-electron chi connectivity index (χ3n) is 3.06. The van der Waals surface area contributed by atoms with Crippen molar-refractivity contribution in [2.24, 2.45) is 0 Å². The molecule has 0 saturated heterocycles. The first kappa shape index (κ1) is 14.7. The van der Waals surface area contributed by atoms with Gasteiger partial charge in [-0.25, -0.2) is 4.98 Å². The smallest absolute Gasteiger partial charge is 0.225 e. The highest BCUT2D eigenvalue weighted by molar-refractivity contribution is 9.10. The molecule has 0 atom stereocenters. The highest BCUT2D eigenvalue weighted by Crippen LogP contribution is 2.17. The molecule has 0 aliphatic rings. The number of anilines is 1. The summed E-state index contributed by atoms with van der Waals surface area (Å²) in [5, 5.41) is 2.85. The number of amides is 1. The molecule has 1 amide bonds. The highest BCUT2D eigenvalue weighted by atomic mass is 79.9. The molecule has 2 aromatic rings. The molecule has 1 aromatic carbocycles. The molecule has 104 valence electrons. The Labute approximate surface area is 127 Å². The fourth-order valence-electron chi connectivity index (χ4n) is 1.88. The van der Waals surface area contributed by atoms with E-state index < -0.39 is 0 Å². The molecule has 4 heteroatoms. The van der Waals surface area contributed by atoms with Crippen LogP contribution in [0.15, 0.2) is 41.0 Å². The van der Waals surface area contributed by atoms with Crippen LogP contribution in [-0.2, 0) is 11.2 Å². The Hall–Kier alpha value is -1.68. The van der Waals surface area contributed by atoms with E-state index >= 15 is 0 Å². The van der Waals surface area contributed by atoms with Crippen LogP contribution in [-0.4, -0.2) is 10.9 Å². The lowest BCUT2D eigenvalue weighted by atomic mass is 10.1. The van der Waals surface area contributed by atoms with Crippen LogP contribution < -0.4 is 5.32 Å². The topological polar surface area (TPSA) is 42.0 Å². The van der Waals surface area contributed by atoms with Crippen molar-refractivity contribution in [3.05, 3.63) is 57.7 Å². The van der Waals surface area contributed by atoms with Gasteiger partial charge in [0.1, 0.15) is 5.82 Å². The minimum Gasteiger partial charge on any atom is -0.310 e. The molecule has 0 unspecified atom stereocenters. The van der Waals surface area contributed by atoms with E-state index in [-0.39, 0.29) is 5.91 Å². The number of pyridine rings is 1. The van der Waals surface area contributed by atoms with Gasteiger partial charge in [0.25, 0.3) is 0 Å². The molecule has 0 aliphatic heterocycles. The normalized spacial score (nSPS) is 10.3. The van der Waals surface area contributed by atoms with E-state index in [0.717, 1.165) is 16.5 Å². The van der Waals surface area contributed by atoms with E-state index in [4.69, 9.17) is 0 Å². The molecular formula is C16H17BrN2O. The monoisotopic (exact) mass is 332 g/mol. The zero-order valence-electron chi connectivity index (χ0n) is 11.6. The number of nitrogens with one attached hydrogen (secondary N) is 1. The van der Waals surface area contributed by atoms with Gasteiger partial charge < -0.3 is 5.32 Å². The fourth-order valence-corrected chi connectivity index (χ4v) is 2.32. The first-order valence-corrected chi connectivity index (χ1v) is 7.31. The summed E-state index contributed by atoms with van der Waals surface area (Å²) in [6.07, 6.45) is 2.88. The van der Waals surface area contributed by atoms with Crippen molar-refractivity contribution < 1.29 is 4.79 Å². The predicted octanol–water partition coefficient (Wildman–Crippen LogP) is 4.03. The Kier molecular flexibility index (Phi) is 4.90. The molecule has 0 spiro atoms. The standard InChI is InChI=1S/C16H17BrN2O/c1-11-3-5-13(6-4-11)7-8-15(20)19-16-12(2)9-14(17)10-18-16/h3-6,9-10H,7-8H2,1-2H3,(H,18,19,20). The maximum atomic E-state index is 11.9. The second-order valence-electron chi connectivity index (χ2n) is 4.85. The quantitative estimate of drug-likeness (QED) is 0.918. The van der Waals surface area contributed by atoms with Crippen LogP contribution >= 0.6 is 15.9 Å². The fraction of sp³-hybridized carbons (Fsp3) is 0.250. The summed E-state index contributed by atoms with van der Waals surface area (Å²) in [5.74, 6) is 0.616. The number of aryl methyl sites for hydroxylation is 3. The van der Waals surface area contributed by atoms with Crippen molar-refractivity contribution >= 4 is 27.7 Å². The van der Waals surface area contributed by atoms with E-state index in [1.165, 1.54) is 11.1 Å². The van der Waals surface area contributed by atoms with Gasteiger partial charge >= 0.3 is 0 Å². The van der Waals surface area contributed by atoms with Crippen LogP contribution in [0, 0.1) is 13.8 Å². The van der Waals surface area contributed by atoms with Crippen LogP contribution in [0.1, 0.15) is 23.1 Å². The predicted molar refractivity (Wildman–Crippen MR) is 84.8 cm³/mol. The average molecular weight is 333 g/mol. The number of hydrogen-bond donors (Lipinski definition) is 1. The lowest BCUT2D eigenvalue weighted by molar-refractivity contribution is -0.116. The molecular weight excluding hydrogens is 316 g/mol. The SMILES string of the molecule is Cc1ccc(CCC(=O)Nc2ncc(Br)cc2C)cc1. The third-order valence-corrected chi connectivity index (χ3v) is 3.50.